The smallest absolute Gasteiger partial charge is 0.198 e. The lowest BCUT2D eigenvalue weighted by Gasteiger charge is -2.02. The number of carbonyl (C=O) groups excluding carboxylic acids is 1. The second-order valence-corrected chi connectivity index (χ2v) is 5.10. The van der Waals surface area contributed by atoms with Crippen molar-refractivity contribution in [3.8, 4) is 0 Å². The van der Waals surface area contributed by atoms with Crippen LogP contribution < -0.4 is 0 Å². The van der Waals surface area contributed by atoms with Crippen LogP contribution >= 0.6 is 11.3 Å². The van der Waals surface area contributed by atoms with Crippen molar-refractivity contribution in [3.05, 3.63) is 57.8 Å². The molecular formula is C14H14O2S. The van der Waals surface area contributed by atoms with Gasteiger partial charge >= 0.3 is 0 Å². The molecule has 1 aromatic heterocycles. The van der Waals surface area contributed by atoms with Crippen molar-refractivity contribution in [1.29, 1.82) is 0 Å². The van der Waals surface area contributed by atoms with Crippen LogP contribution in [0, 0.1) is 6.92 Å². The first-order chi connectivity index (χ1) is 8.25. The van der Waals surface area contributed by atoms with Crippen molar-refractivity contribution in [3.63, 3.8) is 0 Å². The largest absolute Gasteiger partial charge is 0.369 e. The van der Waals surface area contributed by atoms with Crippen LogP contribution in [0.5, 0.6) is 0 Å². The molecule has 2 nitrogen and oxygen atoms in total. The zero-order chi connectivity index (χ0) is 12.1. The van der Waals surface area contributed by atoms with Gasteiger partial charge in [0.2, 0.25) is 0 Å². The molecule has 17 heavy (non-hydrogen) atoms. The Bertz CT molecular complexity index is 488. The van der Waals surface area contributed by atoms with Crippen molar-refractivity contribution in [2.45, 2.75) is 13.5 Å². The number of thiophene rings is 1. The van der Waals surface area contributed by atoms with E-state index in [1.54, 1.807) is 0 Å². The molecule has 1 heterocycles. The van der Waals surface area contributed by atoms with Gasteiger partial charge in [-0.3, -0.25) is 4.79 Å². The fraction of sp³-hybridized carbons (Fsp3) is 0.214. The third-order valence-electron chi connectivity index (χ3n) is 2.36. The molecule has 0 spiro atoms. The maximum absolute atomic E-state index is 11.7. The van der Waals surface area contributed by atoms with Crippen molar-refractivity contribution in [2.24, 2.45) is 0 Å². The highest BCUT2D eigenvalue weighted by Gasteiger charge is 2.07. The number of ether oxygens (including phenoxy) is 1. The first kappa shape index (κ1) is 12.0. The lowest BCUT2D eigenvalue weighted by Crippen LogP contribution is -2.07. The molecule has 2 rings (SSSR count). The first-order valence-electron chi connectivity index (χ1n) is 5.47. The van der Waals surface area contributed by atoms with Crippen LogP contribution in [0.25, 0.3) is 0 Å². The summed E-state index contributed by atoms with van der Waals surface area (Å²) in [5.74, 6) is 0.0547. The van der Waals surface area contributed by atoms with E-state index in [1.165, 1.54) is 11.3 Å². The summed E-state index contributed by atoms with van der Waals surface area (Å²) in [7, 11) is 0. The van der Waals surface area contributed by atoms with Crippen LogP contribution in [0.15, 0.2) is 42.5 Å². The third-order valence-corrected chi connectivity index (χ3v) is 3.40. The van der Waals surface area contributed by atoms with Crippen LogP contribution in [0.1, 0.15) is 20.1 Å². The zero-order valence-corrected chi connectivity index (χ0v) is 10.5. The molecule has 0 N–H and O–H groups in total. The van der Waals surface area contributed by atoms with E-state index in [2.05, 4.69) is 0 Å². The average molecular weight is 246 g/mol. The van der Waals surface area contributed by atoms with Gasteiger partial charge in [0, 0.05) is 4.88 Å². The van der Waals surface area contributed by atoms with Crippen LogP contribution in [0.3, 0.4) is 0 Å². The Morgan fingerprint density at radius 3 is 2.59 bits per heavy atom. The van der Waals surface area contributed by atoms with Gasteiger partial charge in [0.05, 0.1) is 11.5 Å². The molecular weight excluding hydrogens is 232 g/mol. The van der Waals surface area contributed by atoms with Crippen LogP contribution in [-0.4, -0.2) is 12.4 Å². The number of hydrogen-bond donors (Lipinski definition) is 0. The number of rotatable bonds is 5. The third kappa shape index (κ3) is 3.51. The predicted octanol–water partition coefficient (Wildman–Crippen LogP) is 3.46. The number of ketones is 1. The zero-order valence-electron chi connectivity index (χ0n) is 9.68. The Morgan fingerprint density at radius 2 is 1.94 bits per heavy atom. The summed E-state index contributed by atoms with van der Waals surface area (Å²) in [5, 5.41) is 0. The van der Waals surface area contributed by atoms with Crippen molar-refractivity contribution in [1.82, 2.24) is 0 Å². The molecule has 0 aliphatic heterocycles. The normalized spacial score (nSPS) is 10.4. The molecule has 0 fully saturated rings. The Hall–Kier alpha value is -1.45. The van der Waals surface area contributed by atoms with E-state index in [4.69, 9.17) is 4.74 Å². The van der Waals surface area contributed by atoms with E-state index < -0.39 is 0 Å². The fourth-order valence-electron chi connectivity index (χ4n) is 1.49. The topological polar surface area (TPSA) is 26.3 Å². The number of aryl methyl sites for hydroxylation is 1. The predicted molar refractivity (Wildman–Crippen MR) is 69.5 cm³/mol. The number of hydrogen-bond acceptors (Lipinski definition) is 3. The minimum Gasteiger partial charge on any atom is -0.369 e. The number of benzene rings is 1. The monoisotopic (exact) mass is 246 g/mol. The van der Waals surface area contributed by atoms with Crippen LogP contribution in [0.4, 0.5) is 0 Å². The van der Waals surface area contributed by atoms with Gasteiger partial charge in [-0.15, -0.1) is 11.3 Å². The van der Waals surface area contributed by atoms with Crippen molar-refractivity contribution in [2.75, 3.05) is 6.61 Å². The molecule has 0 unspecified atom stereocenters. The summed E-state index contributed by atoms with van der Waals surface area (Å²) in [6.07, 6.45) is 0. The minimum absolute atomic E-state index is 0.0547. The molecule has 0 atom stereocenters. The average Bonchev–Trinajstić information content (AvgIpc) is 2.77. The van der Waals surface area contributed by atoms with Gasteiger partial charge < -0.3 is 4.74 Å². The van der Waals surface area contributed by atoms with Crippen LogP contribution in [-0.2, 0) is 11.3 Å². The summed E-state index contributed by atoms with van der Waals surface area (Å²) in [4.78, 5) is 13.7. The summed E-state index contributed by atoms with van der Waals surface area (Å²) in [6, 6.07) is 13.7. The van der Waals surface area contributed by atoms with E-state index in [9.17, 15) is 4.79 Å². The summed E-state index contributed by atoms with van der Waals surface area (Å²) in [6.45, 7) is 2.62. The molecule has 1 aromatic carbocycles. The SMILES string of the molecule is Cc1ccc(C(=O)COCc2ccccc2)s1. The van der Waals surface area contributed by atoms with E-state index in [0.717, 1.165) is 15.3 Å². The Kier molecular flexibility index (Phi) is 4.07. The molecule has 0 aliphatic rings. The van der Waals surface area contributed by atoms with E-state index in [1.807, 2.05) is 49.4 Å². The van der Waals surface area contributed by atoms with Crippen molar-refractivity contribution >= 4 is 17.1 Å². The fourth-order valence-corrected chi connectivity index (χ4v) is 2.28. The van der Waals surface area contributed by atoms with E-state index >= 15 is 0 Å². The second kappa shape index (κ2) is 5.75. The van der Waals surface area contributed by atoms with Crippen molar-refractivity contribution < 1.29 is 9.53 Å². The summed E-state index contributed by atoms with van der Waals surface area (Å²) < 4.78 is 5.40. The highest BCUT2D eigenvalue weighted by Crippen LogP contribution is 2.15. The number of Topliss-reactive ketones (excluding diaryl/α,β-unsaturated/α-hetero) is 1. The van der Waals surface area contributed by atoms with Gasteiger partial charge in [-0.25, -0.2) is 0 Å². The maximum Gasteiger partial charge on any atom is 0.198 e. The molecule has 0 aliphatic carbocycles. The summed E-state index contributed by atoms with van der Waals surface area (Å²) >= 11 is 1.51. The van der Waals surface area contributed by atoms with Gasteiger partial charge in [-0.2, -0.15) is 0 Å². The molecule has 2 aromatic rings. The molecule has 0 bridgehead atoms. The molecule has 0 saturated heterocycles. The Morgan fingerprint density at radius 1 is 1.18 bits per heavy atom. The first-order valence-corrected chi connectivity index (χ1v) is 6.28. The second-order valence-electron chi connectivity index (χ2n) is 3.81. The lowest BCUT2D eigenvalue weighted by molar-refractivity contribution is 0.0730. The lowest BCUT2D eigenvalue weighted by atomic mass is 10.2. The molecule has 0 amide bonds. The molecule has 0 radical (unpaired) electrons. The maximum atomic E-state index is 11.7. The highest BCUT2D eigenvalue weighted by molar-refractivity contribution is 7.14. The van der Waals surface area contributed by atoms with Gasteiger partial charge in [-0.05, 0) is 24.6 Å². The van der Waals surface area contributed by atoms with Gasteiger partial charge in [0.25, 0.3) is 0 Å². The number of carbonyl (C=O) groups is 1. The van der Waals surface area contributed by atoms with Gasteiger partial charge in [0.15, 0.2) is 5.78 Å². The standard InChI is InChI=1S/C14H14O2S/c1-11-7-8-14(17-11)13(15)10-16-9-12-5-3-2-4-6-12/h2-8H,9-10H2,1H3. The Labute approximate surface area is 105 Å². The molecule has 3 heteroatoms. The Balaban J connectivity index is 1.81. The van der Waals surface area contributed by atoms with E-state index in [-0.39, 0.29) is 12.4 Å². The highest BCUT2D eigenvalue weighted by atomic mass is 32.1. The quantitative estimate of drug-likeness (QED) is 0.755. The minimum atomic E-state index is 0.0547. The molecule has 88 valence electrons. The van der Waals surface area contributed by atoms with E-state index in [0.29, 0.717) is 6.61 Å². The summed E-state index contributed by atoms with van der Waals surface area (Å²) in [5.41, 5.74) is 1.09. The van der Waals surface area contributed by atoms with Crippen LogP contribution in [0.2, 0.25) is 0 Å². The van der Waals surface area contributed by atoms with Gasteiger partial charge in [0.1, 0.15) is 6.61 Å². The van der Waals surface area contributed by atoms with Gasteiger partial charge in [-0.1, -0.05) is 30.3 Å². The molecule has 0 saturated carbocycles.